The Hall–Kier alpha value is -3.42. The van der Waals surface area contributed by atoms with Crippen molar-refractivity contribution in [2.45, 2.75) is 26.4 Å². The molecule has 0 aliphatic carbocycles. The Labute approximate surface area is 156 Å². The molecule has 3 N–H and O–H groups in total. The van der Waals surface area contributed by atoms with E-state index in [9.17, 15) is 19.7 Å². The molecule has 2 rings (SSSR count). The Balaban J connectivity index is 2.15. The summed E-state index contributed by atoms with van der Waals surface area (Å²) in [7, 11) is 0. The first-order valence-electron chi connectivity index (χ1n) is 8.39. The fraction of sp³-hybridized carbons (Fsp3) is 0.263. The van der Waals surface area contributed by atoms with Gasteiger partial charge >= 0.3 is 5.97 Å². The summed E-state index contributed by atoms with van der Waals surface area (Å²) in [5.41, 5.74) is 1.13. The number of nitrogens with one attached hydrogen (secondary N) is 2. The monoisotopic (exact) mass is 371 g/mol. The van der Waals surface area contributed by atoms with Gasteiger partial charge in [-0.15, -0.1) is 0 Å². The fourth-order valence-electron chi connectivity index (χ4n) is 2.40. The molecule has 1 amide bonds. The minimum Gasteiger partial charge on any atom is -0.481 e. The number of carboxylic acid groups (broad SMARTS) is 1. The summed E-state index contributed by atoms with van der Waals surface area (Å²) >= 11 is 0. The van der Waals surface area contributed by atoms with Crippen molar-refractivity contribution in [3.8, 4) is 0 Å². The van der Waals surface area contributed by atoms with E-state index >= 15 is 0 Å². The Morgan fingerprint density at radius 1 is 1.15 bits per heavy atom. The average Bonchev–Trinajstić information content (AvgIpc) is 2.66. The molecule has 8 nitrogen and oxygen atoms in total. The number of amides is 1. The first kappa shape index (κ1) is 19.9. The molecule has 0 fully saturated rings. The number of rotatable bonds is 8. The Morgan fingerprint density at radius 2 is 1.81 bits per heavy atom. The Bertz CT molecular complexity index is 838. The quantitative estimate of drug-likeness (QED) is 0.484. The lowest BCUT2D eigenvalue weighted by molar-refractivity contribution is -0.384. The molecule has 2 atom stereocenters. The van der Waals surface area contributed by atoms with Crippen LogP contribution >= 0.6 is 0 Å². The lowest BCUT2D eigenvalue weighted by Gasteiger charge is -2.18. The molecule has 2 aromatic rings. The van der Waals surface area contributed by atoms with Gasteiger partial charge in [-0.05, 0) is 31.5 Å². The van der Waals surface area contributed by atoms with Crippen LogP contribution in [0.25, 0.3) is 0 Å². The highest BCUT2D eigenvalue weighted by atomic mass is 16.6. The normalized spacial score (nSPS) is 12.7. The number of anilines is 1. The van der Waals surface area contributed by atoms with E-state index in [0.29, 0.717) is 12.2 Å². The second-order valence-corrected chi connectivity index (χ2v) is 6.22. The maximum atomic E-state index is 12.3. The van der Waals surface area contributed by atoms with E-state index in [1.165, 1.54) is 25.1 Å². The summed E-state index contributed by atoms with van der Waals surface area (Å²) in [6.45, 7) is 3.45. The van der Waals surface area contributed by atoms with Gasteiger partial charge in [0.2, 0.25) is 0 Å². The second kappa shape index (κ2) is 8.79. The standard InChI is InChI=1S/C19H21N3O5/c1-12(19(24)25)13(2)21-18(23)15-8-9-16(17(10-15)22(26)27)20-11-14-6-4-3-5-7-14/h3-10,12-13,20H,11H2,1-2H3,(H,21,23)(H,24,25). The molecule has 0 bridgehead atoms. The second-order valence-electron chi connectivity index (χ2n) is 6.22. The Kier molecular flexibility index (Phi) is 6.48. The van der Waals surface area contributed by atoms with Gasteiger partial charge in [0.15, 0.2) is 0 Å². The molecule has 27 heavy (non-hydrogen) atoms. The molecule has 0 aliphatic heterocycles. The summed E-state index contributed by atoms with van der Waals surface area (Å²) in [5.74, 6) is -2.38. The number of nitro benzene ring substituents is 1. The zero-order chi connectivity index (χ0) is 20.0. The topological polar surface area (TPSA) is 122 Å². The molecule has 0 saturated carbocycles. The van der Waals surface area contributed by atoms with E-state index in [-0.39, 0.29) is 11.3 Å². The van der Waals surface area contributed by atoms with Crippen LogP contribution in [0.2, 0.25) is 0 Å². The van der Waals surface area contributed by atoms with Gasteiger partial charge in [-0.1, -0.05) is 30.3 Å². The molecule has 0 spiro atoms. The molecule has 0 aliphatic rings. The number of hydrogen-bond donors (Lipinski definition) is 3. The number of carbonyl (C=O) groups excluding carboxylic acids is 1. The number of benzene rings is 2. The van der Waals surface area contributed by atoms with Crippen LogP contribution in [0.15, 0.2) is 48.5 Å². The summed E-state index contributed by atoms with van der Waals surface area (Å²) in [6.07, 6.45) is 0. The van der Waals surface area contributed by atoms with Crippen LogP contribution in [0.5, 0.6) is 0 Å². The van der Waals surface area contributed by atoms with Gasteiger partial charge in [0, 0.05) is 24.2 Å². The van der Waals surface area contributed by atoms with E-state index in [1.807, 2.05) is 30.3 Å². The molecule has 0 radical (unpaired) electrons. The summed E-state index contributed by atoms with van der Waals surface area (Å²) < 4.78 is 0. The van der Waals surface area contributed by atoms with E-state index in [4.69, 9.17) is 5.11 Å². The van der Waals surface area contributed by atoms with Crippen LogP contribution in [0.4, 0.5) is 11.4 Å². The van der Waals surface area contributed by atoms with Gasteiger partial charge in [0.1, 0.15) is 5.69 Å². The molecule has 8 heteroatoms. The van der Waals surface area contributed by atoms with E-state index in [1.54, 1.807) is 6.92 Å². The van der Waals surface area contributed by atoms with E-state index in [2.05, 4.69) is 10.6 Å². The lowest BCUT2D eigenvalue weighted by Crippen LogP contribution is -2.40. The predicted octanol–water partition coefficient (Wildman–Crippen LogP) is 3.05. The third kappa shape index (κ3) is 5.27. The van der Waals surface area contributed by atoms with E-state index < -0.39 is 28.8 Å². The highest BCUT2D eigenvalue weighted by molar-refractivity contribution is 5.96. The number of carboxylic acids is 1. The van der Waals surface area contributed by atoms with Gasteiger partial charge in [-0.25, -0.2) is 0 Å². The third-order valence-electron chi connectivity index (χ3n) is 4.28. The SMILES string of the molecule is CC(NC(=O)c1ccc(NCc2ccccc2)c([N+](=O)[O-])c1)C(C)C(=O)O. The number of carbonyl (C=O) groups is 2. The van der Waals surface area contributed by atoms with E-state index in [0.717, 1.165) is 5.56 Å². The van der Waals surface area contributed by atoms with Gasteiger partial charge in [-0.2, -0.15) is 0 Å². The van der Waals surface area contributed by atoms with Crippen molar-refractivity contribution in [3.63, 3.8) is 0 Å². The first-order valence-corrected chi connectivity index (χ1v) is 8.39. The summed E-state index contributed by atoms with van der Waals surface area (Å²) in [4.78, 5) is 34.1. The first-order chi connectivity index (χ1) is 12.8. The van der Waals surface area contributed by atoms with Crippen LogP contribution in [0, 0.1) is 16.0 Å². The van der Waals surface area contributed by atoms with Crippen molar-refractivity contribution >= 4 is 23.3 Å². The maximum absolute atomic E-state index is 12.3. The lowest BCUT2D eigenvalue weighted by atomic mass is 10.0. The fourth-order valence-corrected chi connectivity index (χ4v) is 2.40. The summed E-state index contributed by atoms with van der Waals surface area (Å²) in [6, 6.07) is 12.9. The van der Waals surface area contributed by atoms with Crippen molar-refractivity contribution < 1.29 is 19.6 Å². The average molecular weight is 371 g/mol. The molecular formula is C19H21N3O5. The predicted molar refractivity (Wildman–Crippen MR) is 101 cm³/mol. The van der Waals surface area contributed by atoms with Gasteiger partial charge in [0.05, 0.1) is 10.8 Å². The zero-order valence-corrected chi connectivity index (χ0v) is 15.0. The van der Waals surface area contributed by atoms with Gasteiger partial charge < -0.3 is 15.7 Å². The van der Waals surface area contributed by atoms with Crippen LogP contribution in [0.1, 0.15) is 29.8 Å². The molecule has 0 heterocycles. The molecule has 2 unspecified atom stereocenters. The van der Waals surface area contributed by atoms with Crippen molar-refractivity contribution in [3.05, 3.63) is 69.8 Å². The Morgan fingerprint density at radius 3 is 2.41 bits per heavy atom. The number of aliphatic carboxylic acids is 1. The van der Waals surface area contributed by atoms with Crippen molar-refractivity contribution in [2.75, 3.05) is 5.32 Å². The van der Waals surface area contributed by atoms with Crippen molar-refractivity contribution in [1.29, 1.82) is 0 Å². The zero-order valence-electron chi connectivity index (χ0n) is 15.0. The number of hydrogen-bond acceptors (Lipinski definition) is 5. The van der Waals surface area contributed by atoms with Crippen LogP contribution in [-0.2, 0) is 11.3 Å². The number of nitro groups is 1. The smallest absolute Gasteiger partial charge is 0.308 e. The van der Waals surface area contributed by atoms with Gasteiger partial charge in [-0.3, -0.25) is 19.7 Å². The van der Waals surface area contributed by atoms with Crippen LogP contribution in [-0.4, -0.2) is 27.9 Å². The maximum Gasteiger partial charge on any atom is 0.308 e. The molecule has 0 aromatic heterocycles. The minimum atomic E-state index is -1.03. The largest absolute Gasteiger partial charge is 0.481 e. The molecule has 142 valence electrons. The van der Waals surface area contributed by atoms with Gasteiger partial charge in [0.25, 0.3) is 11.6 Å². The van der Waals surface area contributed by atoms with Crippen molar-refractivity contribution in [2.24, 2.45) is 5.92 Å². The minimum absolute atomic E-state index is 0.0939. The molecule has 2 aromatic carbocycles. The van der Waals surface area contributed by atoms with Crippen LogP contribution in [0.3, 0.4) is 0 Å². The highest BCUT2D eigenvalue weighted by Crippen LogP contribution is 2.26. The number of nitrogens with zero attached hydrogens (tertiary/aromatic N) is 1. The molecular weight excluding hydrogens is 350 g/mol. The van der Waals surface area contributed by atoms with Crippen molar-refractivity contribution in [1.82, 2.24) is 5.32 Å². The third-order valence-corrected chi connectivity index (χ3v) is 4.28. The van der Waals surface area contributed by atoms with Crippen LogP contribution < -0.4 is 10.6 Å². The summed E-state index contributed by atoms with van der Waals surface area (Å²) in [5, 5.41) is 25.9. The highest BCUT2D eigenvalue weighted by Gasteiger charge is 2.23. The molecule has 0 saturated heterocycles.